The third-order valence-corrected chi connectivity index (χ3v) is 6.41. The highest BCUT2D eigenvalue weighted by atomic mass is 32.1. The standard InChI is InChI=1S/C27H18N2S/c1-2-6-18(7-3-1)14-22-11-13-26-27(29-22)23-15-20(10-12-25(23)30-26)24-16-19-8-4-5-9-21(19)17-28-24/h1-13,15-17H,14H2/i14D2. The molecule has 30 heavy (non-hydrogen) atoms. The average molecular weight is 405 g/mol. The maximum Gasteiger partial charge on any atom is 0.0892 e. The zero-order chi connectivity index (χ0) is 21.7. The van der Waals surface area contributed by atoms with Gasteiger partial charge in [-0.3, -0.25) is 9.97 Å². The van der Waals surface area contributed by atoms with Crippen LogP contribution in [0.3, 0.4) is 0 Å². The smallest absolute Gasteiger partial charge is 0.0892 e. The molecular weight excluding hydrogens is 384 g/mol. The fourth-order valence-electron chi connectivity index (χ4n) is 3.78. The highest BCUT2D eigenvalue weighted by Gasteiger charge is 2.10. The first-order valence-electron chi connectivity index (χ1n) is 10.8. The van der Waals surface area contributed by atoms with E-state index in [0.717, 1.165) is 42.3 Å². The summed E-state index contributed by atoms with van der Waals surface area (Å²) < 4.78 is 19.6. The van der Waals surface area contributed by atoms with Crippen molar-refractivity contribution in [3.8, 4) is 11.3 Å². The minimum Gasteiger partial charge on any atom is -0.256 e. The Kier molecular flexibility index (Phi) is 3.59. The van der Waals surface area contributed by atoms with Crippen LogP contribution in [0.2, 0.25) is 0 Å². The Morgan fingerprint density at radius 1 is 0.767 bits per heavy atom. The molecule has 3 aromatic heterocycles. The summed E-state index contributed by atoms with van der Waals surface area (Å²) in [6.07, 6.45) is 0.243. The van der Waals surface area contributed by atoms with Gasteiger partial charge in [0.25, 0.3) is 0 Å². The number of rotatable bonds is 3. The lowest BCUT2D eigenvalue weighted by atomic mass is 10.1. The molecule has 0 saturated carbocycles. The van der Waals surface area contributed by atoms with Crippen LogP contribution in [-0.2, 0) is 6.37 Å². The van der Waals surface area contributed by atoms with Crippen LogP contribution in [0.4, 0.5) is 0 Å². The number of thiophene rings is 1. The third-order valence-electron chi connectivity index (χ3n) is 5.29. The predicted molar refractivity (Wildman–Crippen MR) is 127 cm³/mol. The second-order valence-electron chi connectivity index (χ2n) is 7.26. The number of benzene rings is 3. The first kappa shape index (κ1) is 15.3. The summed E-state index contributed by atoms with van der Waals surface area (Å²) in [5.74, 6) is 0. The lowest BCUT2D eigenvalue weighted by Gasteiger charge is -2.04. The zero-order valence-electron chi connectivity index (χ0n) is 18.0. The lowest BCUT2D eigenvalue weighted by molar-refractivity contribution is 1.10. The molecule has 0 atom stereocenters. The quantitative estimate of drug-likeness (QED) is 0.310. The van der Waals surface area contributed by atoms with E-state index in [9.17, 15) is 0 Å². The maximum absolute atomic E-state index is 8.70. The van der Waals surface area contributed by atoms with Crippen LogP contribution in [0.1, 0.15) is 14.0 Å². The molecule has 0 aliphatic rings. The molecule has 142 valence electrons. The number of nitrogens with zero attached hydrogens (tertiary/aromatic N) is 2. The van der Waals surface area contributed by atoms with E-state index in [1.165, 1.54) is 0 Å². The normalized spacial score (nSPS) is 12.9. The lowest BCUT2D eigenvalue weighted by Crippen LogP contribution is -1.91. The molecule has 0 radical (unpaired) electrons. The molecule has 3 heteroatoms. The van der Waals surface area contributed by atoms with Gasteiger partial charge in [-0.1, -0.05) is 60.7 Å². The van der Waals surface area contributed by atoms with Crippen molar-refractivity contribution in [2.45, 2.75) is 6.37 Å². The Bertz CT molecular complexity index is 1610. The summed E-state index contributed by atoms with van der Waals surface area (Å²) in [4.78, 5) is 9.48. The Labute approximate surface area is 181 Å². The molecule has 6 aromatic rings. The van der Waals surface area contributed by atoms with E-state index < -0.39 is 6.37 Å². The van der Waals surface area contributed by atoms with Crippen molar-refractivity contribution in [2.24, 2.45) is 0 Å². The molecule has 0 bridgehead atoms. The van der Waals surface area contributed by atoms with E-state index in [2.05, 4.69) is 41.4 Å². The SMILES string of the molecule is [2H]C([2H])(c1ccccc1)c1ccc2sc3ccc(-c4cc5ccccc5cn4)cc3c2n1. The molecule has 0 N–H and O–H groups in total. The van der Waals surface area contributed by atoms with E-state index in [4.69, 9.17) is 7.73 Å². The highest BCUT2D eigenvalue weighted by Crippen LogP contribution is 2.35. The first-order valence-corrected chi connectivity index (χ1v) is 10.7. The van der Waals surface area contributed by atoms with Gasteiger partial charge in [-0.25, -0.2) is 0 Å². The van der Waals surface area contributed by atoms with Crippen LogP contribution >= 0.6 is 11.3 Å². The van der Waals surface area contributed by atoms with Crippen LogP contribution in [-0.4, -0.2) is 9.97 Å². The number of hydrogen-bond acceptors (Lipinski definition) is 3. The molecular formula is C27H18N2S. The van der Waals surface area contributed by atoms with Gasteiger partial charge in [-0.15, -0.1) is 11.3 Å². The van der Waals surface area contributed by atoms with E-state index in [1.807, 2.05) is 42.6 Å². The maximum atomic E-state index is 8.70. The van der Waals surface area contributed by atoms with Crippen molar-refractivity contribution in [3.05, 3.63) is 108 Å². The summed E-state index contributed by atoms with van der Waals surface area (Å²) in [7, 11) is 0. The zero-order valence-corrected chi connectivity index (χ0v) is 16.9. The predicted octanol–water partition coefficient (Wildman–Crippen LogP) is 7.26. The van der Waals surface area contributed by atoms with Gasteiger partial charge < -0.3 is 0 Å². The first-order chi connectivity index (χ1) is 15.6. The summed E-state index contributed by atoms with van der Waals surface area (Å²) >= 11 is 1.68. The topological polar surface area (TPSA) is 25.8 Å². The Balaban J connectivity index is 1.51. The van der Waals surface area contributed by atoms with Gasteiger partial charge in [0.05, 0.1) is 15.9 Å². The van der Waals surface area contributed by atoms with E-state index >= 15 is 0 Å². The van der Waals surface area contributed by atoms with Crippen LogP contribution in [0, 0.1) is 0 Å². The van der Waals surface area contributed by atoms with Gasteiger partial charge in [0.15, 0.2) is 0 Å². The minimum atomic E-state index is -1.67. The van der Waals surface area contributed by atoms with Crippen molar-refractivity contribution < 1.29 is 2.74 Å². The molecule has 0 aliphatic heterocycles. The number of pyridine rings is 2. The summed E-state index contributed by atoms with van der Waals surface area (Å²) in [6, 6.07) is 29.7. The van der Waals surface area contributed by atoms with Crippen molar-refractivity contribution >= 4 is 42.4 Å². The van der Waals surface area contributed by atoms with Crippen molar-refractivity contribution in [1.82, 2.24) is 9.97 Å². The fraction of sp³-hybridized carbons (Fsp3) is 0.0370. The summed E-state index contributed by atoms with van der Waals surface area (Å²) in [5.41, 5.74) is 3.81. The molecule has 0 amide bonds. The summed E-state index contributed by atoms with van der Waals surface area (Å²) in [5, 5.41) is 3.31. The van der Waals surface area contributed by atoms with Gasteiger partial charge >= 0.3 is 0 Å². The molecule has 2 nitrogen and oxygen atoms in total. The van der Waals surface area contributed by atoms with Gasteiger partial charge in [0.2, 0.25) is 0 Å². The van der Waals surface area contributed by atoms with E-state index in [0.29, 0.717) is 11.3 Å². The molecule has 0 unspecified atom stereocenters. The second-order valence-corrected chi connectivity index (χ2v) is 8.35. The molecule has 0 fully saturated rings. The van der Waals surface area contributed by atoms with Crippen molar-refractivity contribution in [2.75, 3.05) is 0 Å². The van der Waals surface area contributed by atoms with Gasteiger partial charge in [0.1, 0.15) is 0 Å². The number of aromatic nitrogens is 2. The van der Waals surface area contributed by atoms with Gasteiger partial charge in [-0.05, 0) is 41.3 Å². The molecule has 0 saturated heterocycles. The van der Waals surface area contributed by atoms with Gasteiger partial charge in [0, 0.05) is 42.0 Å². The molecule has 6 rings (SSSR count). The fourth-order valence-corrected chi connectivity index (χ4v) is 4.81. The average Bonchev–Trinajstić information content (AvgIpc) is 3.21. The Morgan fingerprint density at radius 3 is 2.47 bits per heavy atom. The molecule has 3 aromatic carbocycles. The highest BCUT2D eigenvalue weighted by molar-refractivity contribution is 7.25. The van der Waals surface area contributed by atoms with E-state index in [-0.39, 0.29) is 0 Å². The van der Waals surface area contributed by atoms with Crippen molar-refractivity contribution in [3.63, 3.8) is 0 Å². The monoisotopic (exact) mass is 404 g/mol. The van der Waals surface area contributed by atoms with Gasteiger partial charge in [-0.2, -0.15) is 0 Å². The van der Waals surface area contributed by atoms with Crippen LogP contribution in [0.25, 0.3) is 42.3 Å². The number of fused-ring (bicyclic) bond motifs is 4. The minimum absolute atomic E-state index is 0.421. The molecule has 0 spiro atoms. The van der Waals surface area contributed by atoms with Crippen molar-refractivity contribution in [1.29, 1.82) is 0 Å². The Morgan fingerprint density at radius 2 is 1.57 bits per heavy atom. The second kappa shape index (κ2) is 7.05. The molecule has 3 heterocycles. The van der Waals surface area contributed by atoms with Crippen LogP contribution in [0.15, 0.2) is 97.2 Å². The Hall–Kier alpha value is -3.56. The summed E-state index contributed by atoms with van der Waals surface area (Å²) in [6.45, 7) is 0. The van der Waals surface area contributed by atoms with Crippen LogP contribution < -0.4 is 0 Å². The number of hydrogen-bond donors (Lipinski definition) is 0. The van der Waals surface area contributed by atoms with Crippen LogP contribution in [0.5, 0.6) is 0 Å². The largest absolute Gasteiger partial charge is 0.256 e. The molecule has 0 aliphatic carbocycles. The third kappa shape index (κ3) is 3.04. The van der Waals surface area contributed by atoms with E-state index in [1.54, 1.807) is 29.5 Å².